The van der Waals surface area contributed by atoms with E-state index in [2.05, 4.69) is 11.8 Å². The number of nitrogens with zero attached hydrogens (tertiary/aromatic N) is 1. The summed E-state index contributed by atoms with van der Waals surface area (Å²) in [6.45, 7) is 3.58. The summed E-state index contributed by atoms with van der Waals surface area (Å²) >= 11 is 1.27. The summed E-state index contributed by atoms with van der Waals surface area (Å²) in [4.78, 5) is 26.0. The highest BCUT2D eigenvalue weighted by Crippen LogP contribution is 2.18. The molecule has 6 heteroatoms. The van der Waals surface area contributed by atoms with Crippen LogP contribution in [0, 0.1) is 11.8 Å². The Morgan fingerprint density at radius 3 is 2.70 bits per heavy atom. The van der Waals surface area contributed by atoms with Gasteiger partial charge in [-0.25, -0.2) is 0 Å². The molecule has 1 rings (SSSR count). The second kappa shape index (κ2) is 7.68. The van der Waals surface area contributed by atoms with E-state index in [9.17, 15) is 9.59 Å². The molecule has 1 heterocycles. The highest BCUT2D eigenvalue weighted by atomic mass is 32.1. The molecule has 0 fully saturated rings. The Bertz CT molecular complexity index is 540. The van der Waals surface area contributed by atoms with Gasteiger partial charge >= 0.3 is 0 Å². The second-order valence-electron chi connectivity index (χ2n) is 4.43. The second-order valence-corrected chi connectivity index (χ2v) is 5.52. The number of aliphatic hydroxyl groups is 1. The molecule has 108 valence electrons. The van der Waals surface area contributed by atoms with E-state index in [-0.39, 0.29) is 25.1 Å². The zero-order chi connectivity index (χ0) is 15.1. The van der Waals surface area contributed by atoms with Crippen LogP contribution in [0.3, 0.4) is 0 Å². The van der Waals surface area contributed by atoms with Gasteiger partial charge in [0.1, 0.15) is 0 Å². The number of thiophene rings is 1. The number of hydrogen-bond acceptors (Lipinski definition) is 4. The molecule has 0 bridgehead atoms. The van der Waals surface area contributed by atoms with E-state index in [1.54, 1.807) is 12.1 Å². The molecule has 0 saturated carbocycles. The van der Waals surface area contributed by atoms with Crippen molar-refractivity contribution in [3.8, 4) is 11.8 Å². The van der Waals surface area contributed by atoms with Crippen molar-refractivity contribution in [1.82, 2.24) is 4.90 Å². The highest BCUT2D eigenvalue weighted by Gasteiger charge is 2.21. The number of carbonyl (C=O) groups is 2. The zero-order valence-corrected chi connectivity index (χ0v) is 12.4. The van der Waals surface area contributed by atoms with Gasteiger partial charge in [0.15, 0.2) is 0 Å². The Hall–Kier alpha value is -1.84. The summed E-state index contributed by atoms with van der Waals surface area (Å²) in [5, 5.41) is 8.65. The lowest BCUT2D eigenvalue weighted by Crippen LogP contribution is -2.42. The molecule has 0 spiro atoms. The molecule has 2 amide bonds. The van der Waals surface area contributed by atoms with E-state index < -0.39 is 5.91 Å². The molecule has 0 atom stereocenters. The number of nitrogens with two attached hydrogens (primary N) is 1. The number of amides is 2. The molecule has 0 aromatic carbocycles. The van der Waals surface area contributed by atoms with Crippen molar-refractivity contribution >= 4 is 23.2 Å². The third-order valence-electron chi connectivity index (χ3n) is 2.48. The number of primary amides is 1. The van der Waals surface area contributed by atoms with Crippen LogP contribution >= 0.6 is 11.3 Å². The van der Waals surface area contributed by atoms with Crippen molar-refractivity contribution in [3.63, 3.8) is 0 Å². The van der Waals surface area contributed by atoms with Gasteiger partial charge in [0.2, 0.25) is 5.91 Å². The van der Waals surface area contributed by atoms with Gasteiger partial charge < -0.3 is 15.7 Å². The molecule has 0 aliphatic carbocycles. The molecule has 0 unspecified atom stereocenters. The number of hydrogen-bond donors (Lipinski definition) is 2. The topological polar surface area (TPSA) is 83.6 Å². The predicted molar refractivity (Wildman–Crippen MR) is 78.3 cm³/mol. The van der Waals surface area contributed by atoms with E-state index in [0.29, 0.717) is 11.3 Å². The highest BCUT2D eigenvalue weighted by molar-refractivity contribution is 7.14. The molecule has 0 aliphatic heterocycles. The smallest absolute Gasteiger partial charge is 0.264 e. The number of carbonyl (C=O) groups excluding carboxylic acids is 2. The molecule has 5 nitrogen and oxygen atoms in total. The van der Waals surface area contributed by atoms with E-state index in [4.69, 9.17) is 10.8 Å². The number of rotatable bonds is 5. The monoisotopic (exact) mass is 294 g/mol. The van der Waals surface area contributed by atoms with Gasteiger partial charge in [0, 0.05) is 12.5 Å². The number of aliphatic hydroxyl groups excluding tert-OH is 1. The lowest BCUT2D eigenvalue weighted by molar-refractivity contribution is -0.119. The van der Waals surface area contributed by atoms with Crippen molar-refractivity contribution in [2.75, 3.05) is 13.2 Å². The fraction of sp³-hybridized carbons (Fsp3) is 0.429. The van der Waals surface area contributed by atoms with Crippen molar-refractivity contribution in [3.05, 3.63) is 21.9 Å². The minimum absolute atomic E-state index is 0.0178. The standard InChI is InChI=1S/C14H18N2O3S/c1-10(2)16(9-13(15)18)14(19)12-7-6-11(20-12)5-3-4-8-17/h6-7,10,17H,4,8-9H2,1-2H3,(H2,15,18). The predicted octanol–water partition coefficient (Wildman–Crippen LogP) is 0.818. The minimum atomic E-state index is -0.536. The van der Waals surface area contributed by atoms with Crippen LogP contribution in [0.15, 0.2) is 12.1 Å². The van der Waals surface area contributed by atoms with Crippen LogP contribution in [0.4, 0.5) is 0 Å². The third kappa shape index (κ3) is 4.68. The summed E-state index contributed by atoms with van der Waals surface area (Å²) in [5.74, 6) is 4.92. The van der Waals surface area contributed by atoms with Crippen LogP contribution in [-0.2, 0) is 4.79 Å². The molecule has 1 aromatic rings. The van der Waals surface area contributed by atoms with E-state index >= 15 is 0 Å². The van der Waals surface area contributed by atoms with Crippen molar-refractivity contribution in [1.29, 1.82) is 0 Å². The first-order valence-electron chi connectivity index (χ1n) is 6.24. The van der Waals surface area contributed by atoms with Gasteiger partial charge in [0.25, 0.3) is 5.91 Å². The van der Waals surface area contributed by atoms with Crippen LogP contribution in [0.2, 0.25) is 0 Å². The molecular formula is C14H18N2O3S. The Balaban J connectivity index is 2.85. The summed E-state index contributed by atoms with van der Waals surface area (Å²) in [5.41, 5.74) is 5.16. The average Bonchev–Trinajstić information content (AvgIpc) is 2.84. The Morgan fingerprint density at radius 2 is 2.15 bits per heavy atom. The summed E-state index contributed by atoms with van der Waals surface area (Å²) in [7, 11) is 0. The normalized spacial score (nSPS) is 10.0. The molecule has 3 N–H and O–H groups in total. The maximum atomic E-state index is 12.3. The molecule has 0 aliphatic rings. The zero-order valence-electron chi connectivity index (χ0n) is 11.5. The van der Waals surface area contributed by atoms with Crippen LogP contribution < -0.4 is 5.73 Å². The van der Waals surface area contributed by atoms with Gasteiger partial charge in [-0.1, -0.05) is 11.8 Å². The van der Waals surface area contributed by atoms with Crippen molar-refractivity contribution in [2.45, 2.75) is 26.3 Å². The van der Waals surface area contributed by atoms with Gasteiger partial charge in [0.05, 0.1) is 22.9 Å². The quantitative estimate of drug-likeness (QED) is 0.789. The molecule has 20 heavy (non-hydrogen) atoms. The fourth-order valence-corrected chi connectivity index (χ4v) is 2.36. The summed E-state index contributed by atoms with van der Waals surface area (Å²) < 4.78 is 0. The maximum absolute atomic E-state index is 12.3. The first-order chi connectivity index (χ1) is 9.45. The fourth-order valence-electron chi connectivity index (χ4n) is 1.52. The Kier molecular flexibility index (Phi) is 6.22. The molecule has 0 saturated heterocycles. The molecule has 0 radical (unpaired) electrons. The van der Waals surface area contributed by atoms with Crippen LogP contribution in [-0.4, -0.2) is 41.0 Å². The SMILES string of the molecule is CC(C)N(CC(N)=O)C(=O)c1ccc(C#CCCO)s1. The van der Waals surface area contributed by atoms with Crippen molar-refractivity contribution < 1.29 is 14.7 Å². The van der Waals surface area contributed by atoms with E-state index in [0.717, 1.165) is 4.88 Å². The van der Waals surface area contributed by atoms with Crippen molar-refractivity contribution in [2.24, 2.45) is 5.73 Å². The van der Waals surface area contributed by atoms with Gasteiger partial charge in [-0.3, -0.25) is 9.59 Å². The first kappa shape index (κ1) is 16.2. The molecular weight excluding hydrogens is 276 g/mol. The van der Waals surface area contributed by atoms with E-state index in [1.165, 1.54) is 16.2 Å². The lowest BCUT2D eigenvalue weighted by Gasteiger charge is -2.24. The summed E-state index contributed by atoms with van der Waals surface area (Å²) in [6, 6.07) is 3.33. The minimum Gasteiger partial charge on any atom is -0.395 e. The maximum Gasteiger partial charge on any atom is 0.264 e. The van der Waals surface area contributed by atoms with Crippen LogP contribution in [0.5, 0.6) is 0 Å². The van der Waals surface area contributed by atoms with Gasteiger partial charge in [-0.05, 0) is 26.0 Å². The average molecular weight is 294 g/mol. The first-order valence-corrected chi connectivity index (χ1v) is 7.06. The Morgan fingerprint density at radius 1 is 1.45 bits per heavy atom. The summed E-state index contributed by atoms with van der Waals surface area (Å²) in [6.07, 6.45) is 0.404. The third-order valence-corrected chi connectivity index (χ3v) is 3.46. The molecule has 1 aromatic heterocycles. The van der Waals surface area contributed by atoms with Gasteiger partial charge in [-0.15, -0.1) is 11.3 Å². The largest absolute Gasteiger partial charge is 0.395 e. The lowest BCUT2D eigenvalue weighted by atomic mass is 10.3. The van der Waals surface area contributed by atoms with Crippen LogP contribution in [0.1, 0.15) is 34.8 Å². The van der Waals surface area contributed by atoms with E-state index in [1.807, 2.05) is 13.8 Å². The van der Waals surface area contributed by atoms with Gasteiger partial charge in [-0.2, -0.15) is 0 Å². The van der Waals surface area contributed by atoms with Crippen LogP contribution in [0.25, 0.3) is 0 Å². The Labute approximate surface area is 122 Å².